The largest absolute Gasteiger partial charge is 0.477 e. The summed E-state index contributed by atoms with van der Waals surface area (Å²) in [4.78, 5) is 35.8. The molecule has 0 atom stereocenters. The molecule has 0 radical (unpaired) electrons. The molecule has 1 amide bonds. The van der Waals surface area contributed by atoms with Gasteiger partial charge in [-0.1, -0.05) is 23.7 Å². The number of hydrogen-bond donors (Lipinski definition) is 2. The summed E-state index contributed by atoms with van der Waals surface area (Å²) in [5.74, 6) is -4.24. The first-order chi connectivity index (χ1) is 14.9. The molecule has 0 spiro atoms. The summed E-state index contributed by atoms with van der Waals surface area (Å²) in [7, 11) is 0. The number of carboxylic acids is 1. The number of nitrogens with zero attached hydrogens (tertiary/aromatic N) is 1. The number of nitrogens with one attached hydrogen (secondary N) is 1. The molecule has 3 rings (SSSR count). The number of hydrogen-bond acceptors (Lipinski definition) is 4. The van der Waals surface area contributed by atoms with Gasteiger partial charge in [-0.3, -0.25) is 4.79 Å². The van der Waals surface area contributed by atoms with Crippen LogP contribution in [0.15, 0.2) is 41.3 Å². The molecule has 0 unspecified atom stereocenters. The zero-order chi connectivity index (χ0) is 23.8. The first kappa shape index (κ1) is 23.2. The Balaban J connectivity index is 2.03. The third-order valence-corrected chi connectivity index (χ3v) is 4.75. The van der Waals surface area contributed by atoms with Crippen LogP contribution in [0.25, 0.3) is 16.6 Å². The van der Waals surface area contributed by atoms with Gasteiger partial charge in [0.05, 0.1) is 10.9 Å². The molecule has 0 fully saturated rings. The minimum Gasteiger partial charge on any atom is -0.477 e. The van der Waals surface area contributed by atoms with E-state index in [9.17, 15) is 28.3 Å². The molecule has 0 saturated heterocycles. The second kappa shape index (κ2) is 8.58. The van der Waals surface area contributed by atoms with Crippen LogP contribution in [0, 0.1) is 11.6 Å². The highest BCUT2D eigenvalue weighted by Gasteiger charge is 2.22. The van der Waals surface area contributed by atoms with Gasteiger partial charge < -0.3 is 19.7 Å². The molecular weight excluding hydrogens is 446 g/mol. The zero-order valence-electron chi connectivity index (χ0n) is 17.3. The number of carbonyl (C=O) groups is 2. The Morgan fingerprint density at radius 3 is 2.38 bits per heavy atom. The second-order valence-corrected chi connectivity index (χ2v) is 8.33. The van der Waals surface area contributed by atoms with Crippen LogP contribution in [-0.2, 0) is 11.3 Å². The summed E-state index contributed by atoms with van der Waals surface area (Å²) in [6.45, 7) is 5.37. The molecule has 2 aromatic carbocycles. The third-order valence-electron chi connectivity index (χ3n) is 4.41. The second-order valence-electron chi connectivity index (χ2n) is 7.95. The van der Waals surface area contributed by atoms with Crippen LogP contribution in [0.1, 0.15) is 36.7 Å². The summed E-state index contributed by atoms with van der Waals surface area (Å²) < 4.78 is 34.3. The molecular formula is C22H19ClF2N2O5. The smallest absolute Gasteiger partial charge is 0.407 e. The number of halogens is 3. The Labute approximate surface area is 186 Å². The maximum absolute atomic E-state index is 14.1. The van der Waals surface area contributed by atoms with Gasteiger partial charge in [-0.2, -0.15) is 0 Å². The lowest BCUT2D eigenvalue weighted by Gasteiger charge is -2.19. The molecule has 0 bridgehead atoms. The van der Waals surface area contributed by atoms with Crippen molar-refractivity contribution in [2.24, 2.45) is 0 Å². The number of ether oxygens (including phenoxy) is 1. The fourth-order valence-corrected chi connectivity index (χ4v) is 3.29. The van der Waals surface area contributed by atoms with Gasteiger partial charge in [0.1, 0.15) is 16.2 Å². The Kier molecular flexibility index (Phi) is 6.23. The fourth-order valence-electron chi connectivity index (χ4n) is 3.01. The Hall–Kier alpha value is -3.46. The number of benzene rings is 2. The Morgan fingerprint density at radius 2 is 1.81 bits per heavy atom. The van der Waals surface area contributed by atoms with Crippen molar-refractivity contribution in [3.63, 3.8) is 0 Å². The fraction of sp³-hybridized carbons (Fsp3) is 0.227. The van der Waals surface area contributed by atoms with Gasteiger partial charge in [-0.15, -0.1) is 0 Å². The predicted octanol–water partition coefficient (Wildman–Crippen LogP) is 4.65. The monoisotopic (exact) mass is 464 g/mol. The van der Waals surface area contributed by atoms with E-state index in [0.29, 0.717) is 17.3 Å². The van der Waals surface area contributed by atoms with Crippen molar-refractivity contribution in [3.05, 3.63) is 74.5 Å². The highest BCUT2D eigenvalue weighted by Crippen LogP contribution is 2.29. The maximum atomic E-state index is 14.1. The predicted molar refractivity (Wildman–Crippen MR) is 115 cm³/mol. The molecule has 0 aliphatic carbocycles. The summed E-state index contributed by atoms with van der Waals surface area (Å²) in [6, 6.07) is 7.00. The quantitative estimate of drug-likeness (QED) is 0.548. The molecule has 7 nitrogen and oxygen atoms in total. The first-order valence-electron chi connectivity index (χ1n) is 9.41. The first-order valence-corrected chi connectivity index (χ1v) is 9.79. The van der Waals surface area contributed by atoms with Crippen LogP contribution in [-0.4, -0.2) is 27.3 Å². The van der Waals surface area contributed by atoms with Crippen molar-refractivity contribution in [2.45, 2.75) is 32.9 Å². The number of aromatic nitrogens is 1. The van der Waals surface area contributed by atoms with Crippen LogP contribution in [0.4, 0.5) is 13.6 Å². The minimum atomic E-state index is -1.52. The molecule has 1 aromatic heterocycles. The lowest BCUT2D eigenvalue weighted by atomic mass is 10.1. The van der Waals surface area contributed by atoms with E-state index in [2.05, 4.69) is 5.32 Å². The van der Waals surface area contributed by atoms with Crippen molar-refractivity contribution < 1.29 is 28.2 Å². The van der Waals surface area contributed by atoms with Crippen LogP contribution in [0.5, 0.6) is 0 Å². The van der Waals surface area contributed by atoms with E-state index in [1.165, 1.54) is 4.57 Å². The number of alkyl carbamates (subject to hydrolysis) is 1. The molecule has 3 aromatic rings. The van der Waals surface area contributed by atoms with Gasteiger partial charge in [-0.05, 0) is 44.5 Å². The zero-order valence-corrected chi connectivity index (χ0v) is 18.1. The molecule has 1 heterocycles. The average Bonchev–Trinajstić information content (AvgIpc) is 2.70. The average molecular weight is 465 g/mol. The summed E-state index contributed by atoms with van der Waals surface area (Å²) in [5, 5.41) is 11.0. The van der Waals surface area contributed by atoms with E-state index in [1.54, 1.807) is 45.0 Å². The van der Waals surface area contributed by atoms with Gasteiger partial charge in [-0.25, -0.2) is 18.4 Å². The van der Waals surface area contributed by atoms with Gasteiger partial charge in [0, 0.05) is 18.4 Å². The van der Waals surface area contributed by atoms with Gasteiger partial charge in [0.25, 0.3) is 0 Å². The minimum absolute atomic E-state index is 0.154. The normalized spacial score (nSPS) is 11.4. The molecule has 0 aliphatic heterocycles. The van der Waals surface area contributed by atoms with Crippen molar-refractivity contribution in [3.8, 4) is 5.69 Å². The van der Waals surface area contributed by atoms with E-state index < -0.39 is 45.3 Å². The Morgan fingerprint density at radius 1 is 1.19 bits per heavy atom. The maximum Gasteiger partial charge on any atom is 0.407 e. The van der Waals surface area contributed by atoms with Crippen LogP contribution >= 0.6 is 11.6 Å². The summed E-state index contributed by atoms with van der Waals surface area (Å²) in [6.07, 6.45) is 0.410. The molecule has 10 heteroatoms. The topological polar surface area (TPSA) is 97.6 Å². The molecule has 168 valence electrons. The number of rotatable bonds is 4. The summed E-state index contributed by atoms with van der Waals surface area (Å²) in [5.41, 5.74) is -1.40. The standard InChI is InChI=1S/C22H19ClF2N2O5/c1-22(2,3)32-21(31)26-9-11-4-6-12(7-5-11)27-10-14(20(29)30)19(28)13-8-15(24)17(25)16(23)18(13)27/h4-8,10H,9H2,1-3H3,(H,26,31)(H,29,30). The highest BCUT2D eigenvalue weighted by molar-refractivity contribution is 6.35. The number of carbonyl (C=O) groups excluding carboxylic acids is 1. The molecule has 0 saturated carbocycles. The van der Waals surface area contributed by atoms with Crippen LogP contribution < -0.4 is 10.7 Å². The highest BCUT2D eigenvalue weighted by atomic mass is 35.5. The Bertz CT molecular complexity index is 1280. The van der Waals surface area contributed by atoms with Crippen molar-refractivity contribution >= 4 is 34.6 Å². The van der Waals surface area contributed by atoms with Crippen molar-refractivity contribution in [2.75, 3.05) is 0 Å². The summed E-state index contributed by atoms with van der Waals surface area (Å²) >= 11 is 5.98. The number of fused-ring (bicyclic) bond motifs is 1. The third kappa shape index (κ3) is 4.72. The van der Waals surface area contributed by atoms with E-state index in [-0.39, 0.29) is 17.4 Å². The van der Waals surface area contributed by atoms with Gasteiger partial charge in [0.2, 0.25) is 5.43 Å². The molecule has 2 N–H and O–H groups in total. The lowest BCUT2D eigenvalue weighted by molar-refractivity contribution is 0.0523. The lowest BCUT2D eigenvalue weighted by Crippen LogP contribution is -2.32. The van der Waals surface area contributed by atoms with Crippen LogP contribution in [0.2, 0.25) is 5.02 Å². The number of pyridine rings is 1. The van der Waals surface area contributed by atoms with Gasteiger partial charge >= 0.3 is 12.1 Å². The molecule has 32 heavy (non-hydrogen) atoms. The van der Waals surface area contributed by atoms with E-state index >= 15 is 0 Å². The van der Waals surface area contributed by atoms with Crippen molar-refractivity contribution in [1.82, 2.24) is 9.88 Å². The van der Waals surface area contributed by atoms with E-state index in [4.69, 9.17) is 16.3 Å². The van der Waals surface area contributed by atoms with Crippen LogP contribution in [0.3, 0.4) is 0 Å². The van der Waals surface area contributed by atoms with E-state index in [1.807, 2.05) is 0 Å². The van der Waals surface area contributed by atoms with E-state index in [0.717, 1.165) is 6.20 Å². The number of carboxylic acid groups (broad SMARTS) is 1. The number of amides is 1. The van der Waals surface area contributed by atoms with Gasteiger partial charge in [0.15, 0.2) is 11.6 Å². The number of aromatic carboxylic acids is 1. The SMILES string of the molecule is CC(C)(C)OC(=O)NCc1ccc(-n2cc(C(=O)O)c(=O)c3cc(F)c(F)c(Cl)c32)cc1. The molecule has 0 aliphatic rings. The van der Waals surface area contributed by atoms with Crippen molar-refractivity contribution in [1.29, 1.82) is 0 Å².